The van der Waals surface area contributed by atoms with E-state index in [1.807, 2.05) is 24.5 Å². The number of piperidine rings is 2. The van der Waals surface area contributed by atoms with Crippen molar-refractivity contribution in [3.8, 4) is 11.5 Å². The molecule has 0 atom stereocenters. The number of fused-ring (bicyclic) bond motifs is 2. The van der Waals surface area contributed by atoms with E-state index in [-0.39, 0.29) is 61.1 Å². The molecule has 0 amide bonds. The second kappa shape index (κ2) is 42.6. The zero-order valence-corrected chi connectivity index (χ0v) is 58.4. The molecule has 10 rings (SSSR count). The number of thiazole rings is 2. The molecule has 0 bridgehead atoms. The van der Waals surface area contributed by atoms with Crippen LogP contribution in [0.3, 0.4) is 0 Å². The monoisotopic (exact) mass is 1350 g/mol. The van der Waals surface area contributed by atoms with Gasteiger partial charge in [-0.05, 0) is 107 Å². The van der Waals surface area contributed by atoms with Crippen LogP contribution in [-0.4, -0.2) is 197 Å². The number of methoxy groups -OCH3 is 2. The number of hydrogen-bond acceptors (Lipinski definition) is 27. The predicted octanol–water partition coefficient (Wildman–Crippen LogP) is 4.90. The van der Waals surface area contributed by atoms with E-state index in [2.05, 4.69) is 106 Å². The Labute approximate surface area is 582 Å². The molecular formula is C65H91BN10NaO15S2. The van der Waals surface area contributed by atoms with E-state index < -0.39 is 17.9 Å². The molecule has 4 aliphatic rings. The Morgan fingerprint density at radius 1 is 0.638 bits per heavy atom. The molecule has 3 N–H and O–H groups in total. The van der Waals surface area contributed by atoms with Crippen LogP contribution >= 0.6 is 22.7 Å². The summed E-state index contributed by atoms with van der Waals surface area (Å²) in [5.74, 6) is -0.432. The second-order valence-corrected chi connectivity index (χ2v) is 23.8. The van der Waals surface area contributed by atoms with Gasteiger partial charge in [0.25, 0.3) is 0 Å². The van der Waals surface area contributed by atoms with Gasteiger partial charge < -0.3 is 66.8 Å². The van der Waals surface area contributed by atoms with Crippen LogP contribution in [0.4, 0.5) is 21.6 Å². The third kappa shape index (κ3) is 26.1. The van der Waals surface area contributed by atoms with Crippen molar-refractivity contribution in [3.05, 3.63) is 82.1 Å². The predicted molar refractivity (Wildman–Crippen MR) is 361 cm³/mol. The Balaban J connectivity index is 0.000000292. The van der Waals surface area contributed by atoms with Crippen LogP contribution in [0.25, 0.3) is 21.8 Å². The SMILES string of the molecule is C.CC(=O)OOC(C)=O.COC(=O)CCCOc1c(C)cc2cccnc2c1N1CCCN(Cc2csc(N3CCC(O)CC3)n2)CC1.COC(=O)CCCOc1c(C)cc2cccnc2c1N1CCCNCC1.O=Cc1csc(N2CCC(O)CC2)n1.[B-]OC(C)=O.[Na+]. The van der Waals surface area contributed by atoms with Crippen LogP contribution in [-0.2, 0) is 54.4 Å². The van der Waals surface area contributed by atoms with Gasteiger partial charge in [0.05, 0.1) is 56.4 Å². The van der Waals surface area contributed by atoms with Crippen molar-refractivity contribution in [2.45, 2.75) is 125 Å². The topological polar surface area (TPSA) is 287 Å². The molecule has 4 saturated heterocycles. The van der Waals surface area contributed by atoms with Crippen molar-refractivity contribution >= 4 is 110 Å². The molecule has 4 fully saturated rings. The molecule has 4 aliphatic heterocycles. The van der Waals surface area contributed by atoms with E-state index in [0.29, 0.717) is 44.6 Å². The van der Waals surface area contributed by atoms with Crippen molar-refractivity contribution in [1.82, 2.24) is 30.2 Å². The Hall–Kier alpha value is -6.76. The number of aliphatic hydroxyl groups is 2. The number of esters is 2. The van der Waals surface area contributed by atoms with E-state index in [1.54, 1.807) is 16.7 Å². The molecule has 6 aromatic rings. The Kier molecular flexibility index (Phi) is 36.1. The maximum atomic E-state index is 11.6. The molecule has 0 spiro atoms. The first-order chi connectivity index (χ1) is 44.4. The quantitative estimate of drug-likeness (QED) is 0.0273. The summed E-state index contributed by atoms with van der Waals surface area (Å²) in [6.45, 7) is 20.4. The molecule has 0 aliphatic carbocycles. The number of benzene rings is 2. The third-order valence-electron chi connectivity index (χ3n) is 15.0. The molecule has 25 nitrogen and oxygen atoms in total. The number of pyridine rings is 2. The van der Waals surface area contributed by atoms with Gasteiger partial charge in [-0.25, -0.2) is 29.3 Å². The van der Waals surface area contributed by atoms with E-state index in [4.69, 9.17) is 28.9 Å². The second-order valence-electron chi connectivity index (χ2n) is 22.1. The molecule has 4 aromatic heterocycles. The molecule has 8 heterocycles. The van der Waals surface area contributed by atoms with Gasteiger partial charge in [-0.1, -0.05) is 19.6 Å². The maximum Gasteiger partial charge on any atom is 1.00 e. The molecule has 0 saturated carbocycles. The zero-order valence-electron chi connectivity index (χ0n) is 54.8. The van der Waals surface area contributed by atoms with Crippen LogP contribution in [0.5, 0.6) is 11.5 Å². The van der Waals surface area contributed by atoms with Crippen LogP contribution in [0.2, 0.25) is 0 Å². The van der Waals surface area contributed by atoms with Gasteiger partial charge in [-0.3, -0.25) is 34.0 Å². The van der Waals surface area contributed by atoms with E-state index in [9.17, 15) is 39.0 Å². The fourth-order valence-corrected chi connectivity index (χ4v) is 12.2. The number of nitrogens with one attached hydrogen (secondary N) is 1. The Bertz CT molecular complexity index is 3290. The molecule has 2 aromatic carbocycles. The smallest absolute Gasteiger partial charge is 0.793 e. The van der Waals surface area contributed by atoms with Gasteiger partial charge in [0.1, 0.15) is 28.6 Å². The number of rotatable bonds is 17. The average molecular weight is 1350 g/mol. The minimum Gasteiger partial charge on any atom is -0.793 e. The summed E-state index contributed by atoms with van der Waals surface area (Å²) >= 11 is 3.19. The number of aromatic nitrogens is 4. The van der Waals surface area contributed by atoms with Gasteiger partial charge in [0.2, 0.25) is 5.97 Å². The van der Waals surface area contributed by atoms with Crippen molar-refractivity contribution < 1.29 is 102 Å². The minimum atomic E-state index is -0.639. The summed E-state index contributed by atoms with van der Waals surface area (Å²) in [6.07, 6.45) is 11.4. The first-order valence-electron chi connectivity index (χ1n) is 30.9. The number of anilines is 4. The van der Waals surface area contributed by atoms with Crippen LogP contribution in [0, 0.1) is 13.8 Å². The van der Waals surface area contributed by atoms with Crippen molar-refractivity contribution in [2.24, 2.45) is 0 Å². The summed E-state index contributed by atoms with van der Waals surface area (Å²) in [6, 6.07) is 12.4. The van der Waals surface area contributed by atoms with Crippen molar-refractivity contribution in [3.63, 3.8) is 0 Å². The van der Waals surface area contributed by atoms with Crippen LogP contribution in [0.1, 0.15) is 120 Å². The maximum absolute atomic E-state index is 11.6. The van der Waals surface area contributed by atoms with Crippen molar-refractivity contribution in [2.75, 3.05) is 126 Å². The van der Waals surface area contributed by atoms with Crippen molar-refractivity contribution in [1.29, 1.82) is 0 Å². The van der Waals surface area contributed by atoms with Crippen LogP contribution in [0.15, 0.2) is 59.6 Å². The summed E-state index contributed by atoms with van der Waals surface area (Å²) in [5, 5.41) is 30.7. The molecule has 29 heteroatoms. The molecular weight excluding hydrogens is 1260 g/mol. The zero-order chi connectivity index (χ0) is 66.4. The van der Waals surface area contributed by atoms with Gasteiger partial charge in [-0.2, -0.15) is 0 Å². The molecule has 3 radical (unpaired) electrons. The number of aryl methyl sites for hydroxylation is 2. The number of nitrogens with zero attached hydrogens (tertiary/aromatic N) is 9. The number of carbonyl (C=O) groups is 6. The molecule has 94 heavy (non-hydrogen) atoms. The van der Waals surface area contributed by atoms with Gasteiger partial charge in [-0.15, -0.1) is 22.7 Å². The first kappa shape index (κ1) is 79.7. The van der Waals surface area contributed by atoms with E-state index in [0.717, 1.165) is 216 Å². The van der Waals surface area contributed by atoms with Gasteiger partial charge >= 0.3 is 53.4 Å². The van der Waals surface area contributed by atoms with E-state index in [1.165, 1.54) is 32.5 Å². The summed E-state index contributed by atoms with van der Waals surface area (Å²) in [5.41, 5.74) is 7.83. The standard InChI is InChI=1S/C29H39N5O4S.C20H27N3O3.C9H12N2O2S.C4H6O4.C2H3BO2.CH4.Na/c1-21-18-22-6-3-10-30-26(22)27(28(21)38-17-4-7-25(36)37-2)33-12-5-11-32(15-16-33)19-23-20-39-29(31-23)34-13-8-24(35)9-14-34;1-15-14-16-6-3-9-22-18(16)19(23-11-5-8-21-10-12-23)20(15)26-13-4-7-17(24)25-2;12-5-7-6-14-9(10-7)11-3-1-8(13)2-4-11;1-3(5)7-8-4(2)6;1-2(4)5-3;;/h3,6,10,18,20,24,35H,4-5,7-9,11-17,19H2,1-2H3;3,6,9,14,21H,4-5,7-8,10-13H2,1-2H3;5-6,8,13H,1-4H2;1-2H3;1H3;1H4;/q;;;;-1;;+1. The first-order valence-corrected chi connectivity index (χ1v) is 32.7. The average Bonchev–Trinajstić information content (AvgIpc) is 0.815. The van der Waals surface area contributed by atoms with Gasteiger partial charge in [0, 0.05) is 146 Å². The van der Waals surface area contributed by atoms with Crippen LogP contribution < -0.4 is 63.9 Å². The number of ether oxygens (including phenoxy) is 4. The molecule has 507 valence electrons. The third-order valence-corrected chi connectivity index (χ3v) is 16.9. The van der Waals surface area contributed by atoms with Gasteiger partial charge in [0.15, 0.2) is 16.5 Å². The fraction of sp³-hybridized carbons (Fsp3) is 0.538. The molecule has 0 unspecified atom stereocenters. The van der Waals surface area contributed by atoms with E-state index >= 15 is 0 Å². The summed E-state index contributed by atoms with van der Waals surface area (Å²) < 4.78 is 25.6. The number of aldehydes is 1. The number of carbonyl (C=O) groups excluding carboxylic acids is 6. The fourth-order valence-electron chi connectivity index (χ4n) is 10.5. The minimum absolute atomic E-state index is 0. The summed E-state index contributed by atoms with van der Waals surface area (Å²) in [7, 11) is 7.15. The Morgan fingerprint density at radius 2 is 1.12 bits per heavy atom. The largest absolute Gasteiger partial charge is 1.00 e. The number of hydrogen-bond donors (Lipinski definition) is 3. The number of aliphatic hydroxyl groups excluding tert-OH is 2. The Morgan fingerprint density at radius 3 is 1.59 bits per heavy atom. The normalized spacial score (nSPS) is 15.1. The summed E-state index contributed by atoms with van der Waals surface area (Å²) in [4.78, 5) is 100.